The van der Waals surface area contributed by atoms with Gasteiger partial charge < -0.3 is 10.4 Å². The Balaban J connectivity index is 1.67. The predicted octanol–water partition coefficient (Wildman–Crippen LogP) is 2.93. The van der Waals surface area contributed by atoms with Gasteiger partial charge in [0.05, 0.1) is 0 Å². The second-order valence-corrected chi connectivity index (χ2v) is 5.47. The Kier molecular flexibility index (Phi) is 5.21. The van der Waals surface area contributed by atoms with Crippen LogP contribution in [0.25, 0.3) is 0 Å². The first-order valence-corrected chi connectivity index (χ1v) is 7.22. The summed E-state index contributed by atoms with van der Waals surface area (Å²) in [4.78, 5) is 0. The van der Waals surface area contributed by atoms with Gasteiger partial charge in [-0.2, -0.15) is 0 Å². The van der Waals surface area contributed by atoms with E-state index >= 15 is 0 Å². The number of nitrogens with one attached hydrogen (secondary N) is 1. The van der Waals surface area contributed by atoms with Gasteiger partial charge >= 0.3 is 0 Å². The van der Waals surface area contributed by atoms with Crippen LogP contribution in [0.5, 0.6) is 0 Å². The normalized spacial score (nSPS) is 24.6. The van der Waals surface area contributed by atoms with Gasteiger partial charge in [-0.1, -0.05) is 43.7 Å². The standard InChI is InChI=1S/C16H25NO/c1-2-13(8-9-18)12-17-16-10-15(11-16)14-6-4-3-5-7-14/h3-7,13,15-18H,2,8-12H2,1H3. The van der Waals surface area contributed by atoms with Crippen LogP contribution in [0.4, 0.5) is 0 Å². The van der Waals surface area contributed by atoms with Gasteiger partial charge in [-0.25, -0.2) is 0 Å². The van der Waals surface area contributed by atoms with E-state index in [-0.39, 0.29) is 0 Å². The van der Waals surface area contributed by atoms with Gasteiger partial charge in [-0.15, -0.1) is 0 Å². The smallest absolute Gasteiger partial charge is 0.0434 e. The van der Waals surface area contributed by atoms with E-state index < -0.39 is 0 Å². The second-order valence-electron chi connectivity index (χ2n) is 5.47. The highest BCUT2D eigenvalue weighted by Gasteiger charge is 2.29. The Bertz CT molecular complexity index is 332. The molecule has 2 heteroatoms. The fourth-order valence-electron chi connectivity index (χ4n) is 2.75. The third-order valence-corrected chi connectivity index (χ3v) is 4.22. The molecule has 1 fully saturated rings. The van der Waals surface area contributed by atoms with Crippen molar-refractivity contribution >= 4 is 0 Å². The molecule has 0 aliphatic heterocycles. The van der Waals surface area contributed by atoms with Crippen molar-refractivity contribution in [3.63, 3.8) is 0 Å². The highest BCUT2D eigenvalue weighted by molar-refractivity contribution is 5.22. The van der Waals surface area contributed by atoms with Crippen molar-refractivity contribution in [2.75, 3.05) is 13.2 Å². The lowest BCUT2D eigenvalue weighted by atomic mass is 9.76. The monoisotopic (exact) mass is 247 g/mol. The third kappa shape index (κ3) is 3.56. The van der Waals surface area contributed by atoms with Crippen molar-refractivity contribution in [3.8, 4) is 0 Å². The number of aliphatic hydroxyl groups is 1. The SMILES string of the molecule is CCC(CCO)CNC1CC(c2ccccc2)C1. The minimum Gasteiger partial charge on any atom is -0.396 e. The van der Waals surface area contributed by atoms with Gasteiger partial charge in [0, 0.05) is 12.6 Å². The van der Waals surface area contributed by atoms with Crippen molar-refractivity contribution in [1.82, 2.24) is 5.32 Å². The maximum atomic E-state index is 8.97. The molecule has 0 aromatic heterocycles. The lowest BCUT2D eigenvalue weighted by Gasteiger charge is -2.37. The van der Waals surface area contributed by atoms with E-state index in [1.807, 2.05) is 0 Å². The van der Waals surface area contributed by atoms with Gasteiger partial charge in [0.1, 0.15) is 0 Å². The van der Waals surface area contributed by atoms with Gasteiger partial charge in [0.15, 0.2) is 0 Å². The lowest BCUT2D eigenvalue weighted by Crippen LogP contribution is -2.42. The highest BCUT2D eigenvalue weighted by Crippen LogP contribution is 2.36. The molecule has 1 aliphatic carbocycles. The molecule has 0 radical (unpaired) electrons. The molecule has 2 N–H and O–H groups in total. The van der Waals surface area contributed by atoms with Crippen LogP contribution in [0, 0.1) is 5.92 Å². The molecular weight excluding hydrogens is 222 g/mol. The van der Waals surface area contributed by atoms with Crippen LogP contribution in [0.3, 0.4) is 0 Å². The van der Waals surface area contributed by atoms with E-state index in [9.17, 15) is 0 Å². The van der Waals surface area contributed by atoms with Crippen molar-refractivity contribution < 1.29 is 5.11 Å². The molecule has 1 aliphatic rings. The third-order valence-electron chi connectivity index (χ3n) is 4.22. The maximum Gasteiger partial charge on any atom is 0.0434 e. The van der Waals surface area contributed by atoms with Crippen LogP contribution in [0.2, 0.25) is 0 Å². The maximum absolute atomic E-state index is 8.97. The van der Waals surface area contributed by atoms with Crippen LogP contribution < -0.4 is 5.32 Å². The Hall–Kier alpha value is -0.860. The topological polar surface area (TPSA) is 32.3 Å². The minimum absolute atomic E-state index is 0.317. The zero-order chi connectivity index (χ0) is 12.8. The fourth-order valence-corrected chi connectivity index (χ4v) is 2.75. The van der Waals surface area contributed by atoms with E-state index in [1.165, 1.54) is 18.4 Å². The minimum atomic E-state index is 0.317. The second kappa shape index (κ2) is 6.91. The largest absolute Gasteiger partial charge is 0.396 e. The first-order chi connectivity index (χ1) is 8.83. The van der Waals surface area contributed by atoms with E-state index in [2.05, 4.69) is 42.6 Å². The summed E-state index contributed by atoms with van der Waals surface area (Å²) in [5.74, 6) is 1.38. The van der Waals surface area contributed by atoms with Crippen molar-refractivity contribution in [1.29, 1.82) is 0 Å². The molecule has 1 aromatic rings. The zero-order valence-corrected chi connectivity index (χ0v) is 11.3. The summed E-state index contributed by atoms with van der Waals surface area (Å²) in [5, 5.41) is 12.6. The Morgan fingerprint density at radius 2 is 2.00 bits per heavy atom. The molecular formula is C16H25NO. The molecule has 100 valence electrons. The van der Waals surface area contributed by atoms with Crippen molar-refractivity contribution in [2.24, 2.45) is 5.92 Å². The Labute approximate surface area is 110 Å². The van der Waals surface area contributed by atoms with Gasteiger partial charge in [0.25, 0.3) is 0 Å². The number of benzene rings is 1. The van der Waals surface area contributed by atoms with Crippen LogP contribution >= 0.6 is 0 Å². The van der Waals surface area contributed by atoms with E-state index in [1.54, 1.807) is 0 Å². The number of hydrogen-bond acceptors (Lipinski definition) is 2. The number of aliphatic hydroxyl groups excluding tert-OH is 1. The molecule has 2 rings (SSSR count). The van der Waals surface area contributed by atoms with Crippen LogP contribution in [0.1, 0.15) is 44.1 Å². The average Bonchev–Trinajstić information content (AvgIpc) is 2.37. The average molecular weight is 247 g/mol. The molecule has 0 bridgehead atoms. The summed E-state index contributed by atoms with van der Waals surface area (Å²) < 4.78 is 0. The Morgan fingerprint density at radius 3 is 2.61 bits per heavy atom. The summed E-state index contributed by atoms with van der Waals surface area (Å²) in [6, 6.07) is 11.5. The van der Waals surface area contributed by atoms with Crippen molar-refractivity contribution in [3.05, 3.63) is 35.9 Å². The molecule has 0 amide bonds. The summed E-state index contributed by atoms with van der Waals surface area (Å²) in [7, 11) is 0. The van der Waals surface area contributed by atoms with Gasteiger partial charge in [-0.05, 0) is 43.2 Å². The molecule has 1 unspecified atom stereocenters. The number of rotatable bonds is 7. The summed E-state index contributed by atoms with van der Waals surface area (Å²) >= 11 is 0. The van der Waals surface area contributed by atoms with Gasteiger partial charge in [-0.3, -0.25) is 0 Å². The van der Waals surface area contributed by atoms with Crippen LogP contribution in [0.15, 0.2) is 30.3 Å². The first-order valence-electron chi connectivity index (χ1n) is 7.22. The predicted molar refractivity (Wildman–Crippen MR) is 75.7 cm³/mol. The molecule has 0 heterocycles. The van der Waals surface area contributed by atoms with Crippen LogP contribution in [-0.4, -0.2) is 24.3 Å². The fraction of sp³-hybridized carbons (Fsp3) is 0.625. The summed E-state index contributed by atoms with van der Waals surface area (Å²) in [6.45, 7) is 3.58. The molecule has 0 saturated heterocycles. The van der Waals surface area contributed by atoms with Crippen LogP contribution in [-0.2, 0) is 0 Å². The van der Waals surface area contributed by atoms with Crippen molar-refractivity contribution in [2.45, 2.75) is 44.6 Å². The van der Waals surface area contributed by atoms with E-state index in [0.717, 1.165) is 25.3 Å². The number of hydrogen-bond donors (Lipinski definition) is 2. The first kappa shape index (κ1) is 13.6. The lowest BCUT2D eigenvalue weighted by molar-refractivity contribution is 0.231. The highest BCUT2D eigenvalue weighted by atomic mass is 16.3. The molecule has 18 heavy (non-hydrogen) atoms. The molecule has 1 aromatic carbocycles. The Morgan fingerprint density at radius 1 is 1.28 bits per heavy atom. The zero-order valence-electron chi connectivity index (χ0n) is 11.3. The molecule has 1 atom stereocenters. The van der Waals surface area contributed by atoms with Gasteiger partial charge in [0.2, 0.25) is 0 Å². The quantitative estimate of drug-likeness (QED) is 0.776. The van der Waals surface area contributed by atoms with E-state index in [0.29, 0.717) is 18.6 Å². The molecule has 0 spiro atoms. The molecule has 2 nitrogen and oxygen atoms in total. The molecule has 1 saturated carbocycles. The van der Waals surface area contributed by atoms with E-state index in [4.69, 9.17) is 5.11 Å². The summed E-state index contributed by atoms with van der Waals surface area (Å²) in [5.41, 5.74) is 1.48. The summed E-state index contributed by atoms with van der Waals surface area (Å²) in [6.07, 6.45) is 4.61.